The van der Waals surface area contributed by atoms with Crippen LogP contribution in [0, 0.1) is 0 Å². The Labute approximate surface area is 117 Å². The number of hydrogen-bond acceptors (Lipinski definition) is 5. The molecule has 1 saturated heterocycles. The standard InChI is InChI=1S/C12H20N6O2/c1-9(12(20)17-4-2-3-5-17)18-8-10(15-16-18)7-14-11(19)6-13/h8-9H,2-7,13H2,1H3,(H,14,19). The van der Waals surface area contributed by atoms with Crippen molar-refractivity contribution in [3.8, 4) is 0 Å². The molecule has 8 heteroatoms. The van der Waals surface area contributed by atoms with Crippen LogP contribution in [0.1, 0.15) is 31.5 Å². The van der Waals surface area contributed by atoms with Crippen LogP contribution >= 0.6 is 0 Å². The van der Waals surface area contributed by atoms with Gasteiger partial charge in [0.25, 0.3) is 0 Å². The molecule has 0 saturated carbocycles. The van der Waals surface area contributed by atoms with Crippen LogP contribution in [-0.4, -0.2) is 51.3 Å². The molecule has 0 bridgehead atoms. The number of nitrogens with zero attached hydrogens (tertiary/aromatic N) is 4. The molecule has 1 aromatic rings. The monoisotopic (exact) mass is 280 g/mol. The Kier molecular flexibility index (Phi) is 4.67. The molecule has 1 aromatic heterocycles. The van der Waals surface area contributed by atoms with E-state index < -0.39 is 0 Å². The van der Waals surface area contributed by atoms with Crippen molar-refractivity contribution in [2.75, 3.05) is 19.6 Å². The molecule has 3 N–H and O–H groups in total. The van der Waals surface area contributed by atoms with E-state index in [9.17, 15) is 9.59 Å². The second kappa shape index (κ2) is 6.47. The molecular formula is C12H20N6O2. The van der Waals surface area contributed by atoms with Crippen LogP contribution in [-0.2, 0) is 16.1 Å². The summed E-state index contributed by atoms with van der Waals surface area (Å²) < 4.78 is 1.53. The molecule has 2 rings (SSSR count). The summed E-state index contributed by atoms with van der Waals surface area (Å²) in [5, 5.41) is 10.5. The summed E-state index contributed by atoms with van der Waals surface area (Å²) in [4.78, 5) is 25.1. The van der Waals surface area contributed by atoms with E-state index in [4.69, 9.17) is 5.73 Å². The first-order valence-electron chi connectivity index (χ1n) is 6.78. The van der Waals surface area contributed by atoms with Crippen molar-refractivity contribution < 1.29 is 9.59 Å². The number of amides is 2. The SMILES string of the molecule is CC(C(=O)N1CCCC1)n1cc(CNC(=O)CN)nn1. The highest BCUT2D eigenvalue weighted by Crippen LogP contribution is 2.14. The zero-order valence-electron chi connectivity index (χ0n) is 11.6. The van der Waals surface area contributed by atoms with Crippen LogP contribution < -0.4 is 11.1 Å². The third-order valence-electron chi connectivity index (χ3n) is 3.38. The molecule has 110 valence electrons. The van der Waals surface area contributed by atoms with Gasteiger partial charge in [0.05, 0.1) is 19.3 Å². The van der Waals surface area contributed by atoms with Gasteiger partial charge in [0.1, 0.15) is 11.7 Å². The molecule has 1 aliphatic rings. The maximum atomic E-state index is 12.2. The Morgan fingerprint density at radius 1 is 1.45 bits per heavy atom. The van der Waals surface area contributed by atoms with Crippen molar-refractivity contribution in [3.05, 3.63) is 11.9 Å². The van der Waals surface area contributed by atoms with Gasteiger partial charge in [-0.25, -0.2) is 4.68 Å². The van der Waals surface area contributed by atoms with Gasteiger partial charge in [-0.15, -0.1) is 5.10 Å². The minimum atomic E-state index is -0.375. The average molecular weight is 280 g/mol. The molecule has 1 unspecified atom stereocenters. The van der Waals surface area contributed by atoms with Crippen molar-refractivity contribution in [2.24, 2.45) is 5.73 Å². The summed E-state index contributed by atoms with van der Waals surface area (Å²) in [5.74, 6) is -0.189. The highest BCUT2D eigenvalue weighted by atomic mass is 16.2. The normalized spacial score (nSPS) is 16.2. The van der Waals surface area contributed by atoms with Gasteiger partial charge in [-0.2, -0.15) is 0 Å². The van der Waals surface area contributed by atoms with Gasteiger partial charge >= 0.3 is 0 Å². The first-order chi connectivity index (χ1) is 9.61. The van der Waals surface area contributed by atoms with E-state index in [1.54, 1.807) is 13.1 Å². The number of carbonyl (C=O) groups is 2. The van der Waals surface area contributed by atoms with Gasteiger partial charge in [0.15, 0.2) is 0 Å². The van der Waals surface area contributed by atoms with E-state index in [1.807, 2.05) is 4.90 Å². The highest BCUT2D eigenvalue weighted by molar-refractivity contribution is 5.80. The number of hydrogen-bond donors (Lipinski definition) is 2. The van der Waals surface area contributed by atoms with Crippen molar-refractivity contribution in [1.29, 1.82) is 0 Å². The first kappa shape index (κ1) is 14.4. The number of nitrogens with one attached hydrogen (secondary N) is 1. The predicted octanol–water partition coefficient (Wildman–Crippen LogP) is -0.964. The molecule has 1 fully saturated rings. The maximum absolute atomic E-state index is 12.2. The minimum absolute atomic E-state index is 0.0576. The third kappa shape index (κ3) is 3.32. The molecule has 0 aromatic carbocycles. The van der Waals surface area contributed by atoms with Crippen LogP contribution in [0.15, 0.2) is 6.20 Å². The molecule has 2 amide bonds. The van der Waals surface area contributed by atoms with E-state index in [1.165, 1.54) is 4.68 Å². The zero-order valence-corrected chi connectivity index (χ0v) is 11.6. The third-order valence-corrected chi connectivity index (χ3v) is 3.38. The summed E-state index contributed by atoms with van der Waals surface area (Å²) in [6.45, 7) is 3.64. The van der Waals surface area contributed by atoms with Gasteiger partial charge in [-0.3, -0.25) is 9.59 Å². The summed E-state index contributed by atoms with van der Waals surface area (Å²) in [6.07, 6.45) is 3.80. The summed E-state index contributed by atoms with van der Waals surface area (Å²) in [7, 11) is 0. The second-order valence-corrected chi connectivity index (χ2v) is 4.88. The van der Waals surface area contributed by atoms with Crippen LogP contribution in [0.25, 0.3) is 0 Å². The smallest absolute Gasteiger partial charge is 0.247 e. The lowest BCUT2D eigenvalue weighted by Gasteiger charge is -2.19. The van der Waals surface area contributed by atoms with Crippen LogP contribution in [0.2, 0.25) is 0 Å². The van der Waals surface area contributed by atoms with Crippen molar-refractivity contribution in [1.82, 2.24) is 25.2 Å². The average Bonchev–Trinajstić information content (AvgIpc) is 3.14. The van der Waals surface area contributed by atoms with Crippen molar-refractivity contribution >= 4 is 11.8 Å². The van der Waals surface area contributed by atoms with E-state index in [0.29, 0.717) is 5.69 Å². The van der Waals surface area contributed by atoms with Gasteiger partial charge in [0.2, 0.25) is 11.8 Å². The lowest BCUT2D eigenvalue weighted by atomic mass is 10.3. The quantitative estimate of drug-likeness (QED) is 0.722. The Bertz CT molecular complexity index is 480. The maximum Gasteiger partial charge on any atom is 0.247 e. The van der Waals surface area contributed by atoms with Gasteiger partial charge in [-0.1, -0.05) is 5.21 Å². The molecule has 2 heterocycles. The Morgan fingerprint density at radius 2 is 2.15 bits per heavy atom. The molecule has 20 heavy (non-hydrogen) atoms. The number of carbonyl (C=O) groups excluding carboxylic acids is 2. The molecule has 1 atom stereocenters. The summed E-state index contributed by atoms with van der Waals surface area (Å²) >= 11 is 0. The second-order valence-electron chi connectivity index (χ2n) is 4.88. The molecule has 8 nitrogen and oxygen atoms in total. The molecule has 0 radical (unpaired) electrons. The minimum Gasteiger partial charge on any atom is -0.349 e. The van der Waals surface area contributed by atoms with Gasteiger partial charge < -0.3 is 16.0 Å². The van der Waals surface area contributed by atoms with Crippen LogP contribution in [0.3, 0.4) is 0 Å². The molecular weight excluding hydrogens is 260 g/mol. The predicted molar refractivity (Wildman–Crippen MR) is 71.4 cm³/mol. The van der Waals surface area contributed by atoms with E-state index in [-0.39, 0.29) is 30.9 Å². The summed E-state index contributed by atoms with van der Waals surface area (Å²) in [5.41, 5.74) is 5.80. The van der Waals surface area contributed by atoms with E-state index >= 15 is 0 Å². The van der Waals surface area contributed by atoms with E-state index in [2.05, 4.69) is 15.6 Å². The Morgan fingerprint density at radius 3 is 2.80 bits per heavy atom. The van der Waals surface area contributed by atoms with E-state index in [0.717, 1.165) is 25.9 Å². The topological polar surface area (TPSA) is 106 Å². The lowest BCUT2D eigenvalue weighted by molar-refractivity contribution is -0.133. The fourth-order valence-electron chi connectivity index (χ4n) is 2.16. The highest BCUT2D eigenvalue weighted by Gasteiger charge is 2.25. The number of likely N-dealkylation sites (tertiary alicyclic amines) is 1. The Balaban J connectivity index is 1.93. The number of aromatic nitrogens is 3. The van der Waals surface area contributed by atoms with Crippen molar-refractivity contribution in [3.63, 3.8) is 0 Å². The number of rotatable bonds is 5. The number of nitrogens with two attached hydrogens (primary N) is 1. The molecule has 1 aliphatic heterocycles. The van der Waals surface area contributed by atoms with Crippen molar-refractivity contribution in [2.45, 2.75) is 32.4 Å². The van der Waals surface area contributed by atoms with Crippen LogP contribution in [0.4, 0.5) is 0 Å². The lowest BCUT2D eigenvalue weighted by Crippen LogP contribution is -2.34. The Hall–Kier alpha value is -1.96. The fraction of sp³-hybridized carbons (Fsp3) is 0.667. The fourth-order valence-corrected chi connectivity index (χ4v) is 2.16. The zero-order chi connectivity index (χ0) is 14.5. The van der Waals surface area contributed by atoms with Gasteiger partial charge in [-0.05, 0) is 19.8 Å². The molecule has 0 spiro atoms. The molecule has 0 aliphatic carbocycles. The largest absolute Gasteiger partial charge is 0.349 e. The van der Waals surface area contributed by atoms with Gasteiger partial charge in [0, 0.05) is 13.1 Å². The van der Waals surface area contributed by atoms with Crippen LogP contribution in [0.5, 0.6) is 0 Å². The first-order valence-corrected chi connectivity index (χ1v) is 6.78. The summed E-state index contributed by atoms with van der Waals surface area (Å²) in [6, 6.07) is -0.375.